The lowest BCUT2D eigenvalue weighted by Crippen LogP contribution is -2.32. The second-order valence-corrected chi connectivity index (χ2v) is 4.01. The summed E-state index contributed by atoms with van der Waals surface area (Å²) in [6.07, 6.45) is -1.47. The van der Waals surface area contributed by atoms with Crippen LogP contribution in [-0.4, -0.2) is 17.1 Å². The molecule has 0 spiro atoms. The summed E-state index contributed by atoms with van der Waals surface area (Å²) in [5.74, 6) is -0.127. The number of pyridine rings is 1. The van der Waals surface area contributed by atoms with Crippen LogP contribution in [0.4, 0.5) is 19.0 Å². The highest BCUT2D eigenvalue weighted by molar-refractivity contribution is 5.49. The predicted molar refractivity (Wildman–Crippen MR) is 53.9 cm³/mol. The van der Waals surface area contributed by atoms with Gasteiger partial charge in [-0.05, 0) is 25.0 Å². The van der Waals surface area contributed by atoms with Crippen LogP contribution in [0.15, 0.2) is 18.3 Å². The fourth-order valence-electron chi connectivity index (χ4n) is 1.52. The molecule has 0 bridgehead atoms. The van der Waals surface area contributed by atoms with E-state index in [-0.39, 0.29) is 11.4 Å². The van der Waals surface area contributed by atoms with E-state index in [2.05, 4.69) is 10.3 Å². The van der Waals surface area contributed by atoms with Crippen LogP contribution in [0.2, 0.25) is 0 Å². The van der Waals surface area contributed by atoms with Crippen molar-refractivity contribution in [3.05, 3.63) is 23.9 Å². The van der Waals surface area contributed by atoms with Crippen LogP contribution in [0.3, 0.4) is 0 Å². The number of anilines is 1. The van der Waals surface area contributed by atoms with Gasteiger partial charge < -0.3 is 11.1 Å². The lowest BCUT2D eigenvalue weighted by Gasteiger charge is -2.19. The molecular weight excluding hydrogens is 219 g/mol. The Morgan fingerprint density at radius 3 is 2.62 bits per heavy atom. The van der Waals surface area contributed by atoms with Crippen LogP contribution in [0, 0.1) is 0 Å². The molecule has 1 fully saturated rings. The van der Waals surface area contributed by atoms with Crippen molar-refractivity contribution in [3.8, 4) is 0 Å². The molecule has 0 aromatic carbocycles. The Labute approximate surface area is 90.9 Å². The van der Waals surface area contributed by atoms with Gasteiger partial charge in [-0.15, -0.1) is 0 Å². The minimum atomic E-state index is -4.39. The molecule has 3 nitrogen and oxygen atoms in total. The Morgan fingerprint density at radius 2 is 2.12 bits per heavy atom. The van der Waals surface area contributed by atoms with Gasteiger partial charge in [0.15, 0.2) is 0 Å². The minimum Gasteiger partial charge on any atom is -0.363 e. The van der Waals surface area contributed by atoms with Crippen LogP contribution in [0.1, 0.15) is 18.4 Å². The van der Waals surface area contributed by atoms with Crippen LogP contribution in [0.25, 0.3) is 0 Å². The van der Waals surface area contributed by atoms with E-state index in [1.165, 1.54) is 12.3 Å². The summed E-state index contributed by atoms with van der Waals surface area (Å²) in [5, 5.41) is 2.80. The summed E-state index contributed by atoms with van der Waals surface area (Å²) >= 11 is 0. The Balaban J connectivity index is 2.27. The van der Waals surface area contributed by atoms with Gasteiger partial charge in [0, 0.05) is 12.7 Å². The second-order valence-electron chi connectivity index (χ2n) is 4.01. The number of rotatable bonds is 3. The Bertz CT molecular complexity index is 385. The van der Waals surface area contributed by atoms with Gasteiger partial charge in [-0.25, -0.2) is 4.98 Å². The highest BCUT2D eigenvalue weighted by atomic mass is 19.4. The summed E-state index contributed by atoms with van der Waals surface area (Å²) < 4.78 is 37.9. The van der Waals surface area contributed by atoms with Gasteiger partial charge in [-0.3, -0.25) is 0 Å². The van der Waals surface area contributed by atoms with Crippen molar-refractivity contribution in [1.82, 2.24) is 4.98 Å². The minimum absolute atomic E-state index is 0.127. The average Bonchev–Trinajstić information content (AvgIpc) is 2.98. The van der Waals surface area contributed by atoms with Crippen molar-refractivity contribution >= 4 is 5.82 Å². The molecule has 0 saturated heterocycles. The zero-order valence-electron chi connectivity index (χ0n) is 8.51. The van der Waals surface area contributed by atoms with Gasteiger partial charge in [0.25, 0.3) is 0 Å². The van der Waals surface area contributed by atoms with Crippen LogP contribution in [-0.2, 0) is 6.18 Å². The van der Waals surface area contributed by atoms with Crippen molar-refractivity contribution in [2.45, 2.75) is 24.6 Å². The molecular formula is C10H12F3N3. The number of alkyl halides is 3. The molecule has 88 valence electrons. The molecule has 0 radical (unpaired) electrons. The number of aromatic nitrogens is 1. The lowest BCUT2D eigenvalue weighted by molar-refractivity contribution is -0.137. The zero-order chi connectivity index (χ0) is 11.8. The van der Waals surface area contributed by atoms with Crippen molar-refractivity contribution in [3.63, 3.8) is 0 Å². The summed E-state index contributed by atoms with van der Waals surface area (Å²) in [6.45, 7) is 0.320. The smallest absolute Gasteiger partial charge is 0.363 e. The summed E-state index contributed by atoms with van der Waals surface area (Å²) in [6, 6.07) is 2.29. The third-order valence-electron chi connectivity index (χ3n) is 2.74. The average molecular weight is 231 g/mol. The van der Waals surface area contributed by atoms with Crippen molar-refractivity contribution in [1.29, 1.82) is 0 Å². The van der Waals surface area contributed by atoms with Gasteiger partial charge in [0.05, 0.1) is 11.1 Å². The Kier molecular flexibility index (Phi) is 2.53. The topological polar surface area (TPSA) is 50.9 Å². The maximum absolute atomic E-state index is 12.6. The highest BCUT2D eigenvalue weighted by Crippen LogP contribution is 2.41. The van der Waals surface area contributed by atoms with E-state index in [9.17, 15) is 13.2 Å². The molecule has 1 aliphatic carbocycles. The zero-order valence-corrected chi connectivity index (χ0v) is 8.51. The number of nitrogens with zero attached hydrogens (tertiary/aromatic N) is 1. The van der Waals surface area contributed by atoms with Crippen LogP contribution < -0.4 is 11.1 Å². The molecule has 3 N–H and O–H groups in total. The molecule has 1 aromatic heterocycles. The van der Waals surface area contributed by atoms with Crippen LogP contribution >= 0.6 is 0 Å². The second kappa shape index (κ2) is 3.62. The van der Waals surface area contributed by atoms with Crippen molar-refractivity contribution < 1.29 is 13.2 Å². The standard InChI is InChI=1S/C10H12F3N3/c11-10(12,13)7-2-1-5-15-8(7)16-9(6-14)3-4-9/h1-2,5H,3-4,6,14H2,(H,15,16). The van der Waals surface area contributed by atoms with Gasteiger partial charge >= 0.3 is 6.18 Å². The molecule has 1 aliphatic rings. The van der Waals surface area contributed by atoms with Crippen molar-refractivity contribution in [2.75, 3.05) is 11.9 Å². The molecule has 0 atom stereocenters. The van der Waals surface area contributed by atoms with E-state index in [0.717, 1.165) is 18.9 Å². The van der Waals surface area contributed by atoms with E-state index in [0.29, 0.717) is 6.54 Å². The van der Waals surface area contributed by atoms with Crippen LogP contribution in [0.5, 0.6) is 0 Å². The maximum Gasteiger partial charge on any atom is 0.419 e. The van der Waals surface area contributed by atoms with E-state index in [4.69, 9.17) is 5.73 Å². The fraction of sp³-hybridized carbons (Fsp3) is 0.500. The molecule has 1 aromatic rings. The SMILES string of the molecule is NCC1(Nc2ncccc2C(F)(F)F)CC1. The van der Waals surface area contributed by atoms with Gasteiger partial charge in [-0.1, -0.05) is 0 Å². The predicted octanol–water partition coefficient (Wildman–Crippen LogP) is 2.00. The first-order valence-corrected chi connectivity index (χ1v) is 4.97. The molecule has 2 rings (SSSR count). The largest absolute Gasteiger partial charge is 0.419 e. The summed E-state index contributed by atoms with van der Waals surface area (Å²) in [5.41, 5.74) is 4.38. The van der Waals surface area contributed by atoms with E-state index >= 15 is 0 Å². The number of hydrogen-bond acceptors (Lipinski definition) is 3. The third-order valence-corrected chi connectivity index (χ3v) is 2.74. The van der Waals surface area contributed by atoms with E-state index in [1.807, 2.05) is 0 Å². The molecule has 1 heterocycles. The Hall–Kier alpha value is -1.30. The van der Waals surface area contributed by atoms with E-state index < -0.39 is 11.7 Å². The first kappa shape index (κ1) is 11.2. The fourth-order valence-corrected chi connectivity index (χ4v) is 1.52. The normalized spacial score (nSPS) is 18.2. The monoisotopic (exact) mass is 231 g/mol. The molecule has 1 saturated carbocycles. The lowest BCUT2D eigenvalue weighted by atomic mass is 10.2. The molecule has 0 amide bonds. The number of hydrogen-bond donors (Lipinski definition) is 2. The summed E-state index contributed by atoms with van der Waals surface area (Å²) in [7, 11) is 0. The van der Waals surface area contributed by atoms with Gasteiger partial charge in [0.2, 0.25) is 0 Å². The molecule has 0 aliphatic heterocycles. The van der Waals surface area contributed by atoms with Gasteiger partial charge in [0.1, 0.15) is 5.82 Å². The number of nitrogens with two attached hydrogens (primary N) is 1. The van der Waals surface area contributed by atoms with Gasteiger partial charge in [-0.2, -0.15) is 13.2 Å². The summed E-state index contributed by atoms with van der Waals surface area (Å²) in [4.78, 5) is 3.73. The maximum atomic E-state index is 12.6. The first-order chi connectivity index (χ1) is 7.47. The number of nitrogens with one attached hydrogen (secondary N) is 1. The third kappa shape index (κ3) is 2.11. The highest BCUT2D eigenvalue weighted by Gasteiger charge is 2.43. The quantitative estimate of drug-likeness (QED) is 0.836. The molecule has 6 heteroatoms. The Morgan fingerprint density at radius 1 is 1.44 bits per heavy atom. The van der Waals surface area contributed by atoms with E-state index in [1.54, 1.807) is 0 Å². The number of halogens is 3. The molecule has 0 unspecified atom stereocenters. The molecule has 16 heavy (non-hydrogen) atoms. The first-order valence-electron chi connectivity index (χ1n) is 4.97. The van der Waals surface area contributed by atoms with Crippen molar-refractivity contribution in [2.24, 2.45) is 5.73 Å².